The number of likely N-dealkylation sites (N-methyl/N-ethyl adjacent to an activating group) is 1. The van der Waals surface area contributed by atoms with Crippen LogP contribution in [0.3, 0.4) is 0 Å². The molecule has 4 aromatic rings. The summed E-state index contributed by atoms with van der Waals surface area (Å²) in [6.07, 6.45) is 0. The van der Waals surface area contributed by atoms with Crippen molar-refractivity contribution in [3.05, 3.63) is 38.6 Å². The number of hydrogen-bond acceptors (Lipinski definition) is 7. The molecule has 0 aliphatic carbocycles. The van der Waals surface area contributed by atoms with Gasteiger partial charge in [0.15, 0.2) is 0 Å². The number of aromatic nitrogens is 2. The average molecular weight is 530 g/mol. The van der Waals surface area contributed by atoms with Gasteiger partial charge in [0.1, 0.15) is 17.0 Å². The second-order valence-corrected chi connectivity index (χ2v) is 9.44. The van der Waals surface area contributed by atoms with Crippen LogP contribution in [0.1, 0.15) is 19.5 Å². The number of anilines is 1. The summed E-state index contributed by atoms with van der Waals surface area (Å²) in [6.45, 7) is 8.38. The summed E-state index contributed by atoms with van der Waals surface area (Å²) in [5.74, 6) is 1.04. The molecule has 0 atom stereocenters. The van der Waals surface area contributed by atoms with E-state index < -0.39 is 0 Å². The summed E-state index contributed by atoms with van der Waals surface area (Å²) in [5.41, 5.74) is 3.04. The molecule has 34 heavy (non-hydrogen) atoms. The van der Waals surface area contributed by atoms with E-state index in [-0.39, 0.29) is 5.43 Å². The van der Waals surface area contributed by atoms with Crippen molar-refractivity contribution in [2.24, 2.45) is 0 Å². The van der Waals surface area contributed by atoms with E-state index in [0.717, 1.165) is 41.9 Å². The Labute approximate surface area is 207 Å². The van der Waals surface area contributed by atoms with Crippen molar-refractivity contribution in [2.75, 3.05) is 59.8 Å². The van der Waals surface area contributed by atoms with Crippen molar-refractivity contribution >= 4 is 48.8 Å². The Bertz CT molecular complexity index is 1380. The molecule has 182 valence electrons. The minimum absolute atomic E-state index is 0.105. The molecule has 9 heteroatoms. The Morgan fingerprint density at radius 1 is 1.09 bits per heavy atom. The Balaban J connectivity index is 2.12. The molecular weight excluding hydrogens is 498 g/mol. The number of pyridine rings is 1. The van der Waals surface area contributed by atoms with Crippen molar-refractivity contribution in [1.82, 2.24) is 19.4 Å². The highest BCUT2D eigenvalue weighted by Crippen LogP contribution is 2.41. The molecule has 1 N–H and O–H groups in total. The van der Waals surface area contributed by atoms with Crippen LogP contribution in [0.2, 0.25) is 0 Å². The van der Waals surface area contributed by atoms with Gasteiger partial charge in [-0.05, 0) is 55.2 Å². The lowest BCUT2D eigenvalue weighted by atomic mass is 10.0. The van der Waals surface area contributed by atoms with Crippen molar-refractivity contribution in [1.29, 1.82) is 0 Å². The number of nitrogens with one attached hydrogen (secondary N) is 1. The summed E-state index contributed by atoms with van der Waals surface area (Å²) in [4.78, 5) is 18.5. The molecular formula is C25H32BrN5O3. The fraction of sp³-hybridized carbons (Fsp3) is 0.440. The van der Waals surface area contributed by atoms with Crippen LogP contribution < -0.4 is 20.2 Å². The minimum atomic E-state index is -0.105. The zero-order valence-corrected chi connectivity index (χ0v) is 22.2. The number of ether oxygens (including phenoxy) is 2. The SMILES string of the molecule is CCN(CC)Cc1nn2c3c(OC)cc(Br)c(OC)c3c(=O)c3c(NCCN(C)C)ccc1c32. The maximum atomic E-state index is 14.1. The number of benzene rings is 2. The summed E-state index contributed by atoms with van der Waals surface area (Å²) in [6, 6.07) is 5.89. The number of halogens is 1. The quantitative estimate of drug-likeness (QED) is 0.311. The minimum Gasteiger partial charge on any atom is -0.495 e. The second-order valence-electron chi connectivity index (χ2n) is 8.58. The third-order valence-electron chi connectivity index (χ3n) is 6.33. The number of methoxy groups -OCH3 is 2. The first-order valence-electron chi connectivity index (χ1n) is 11.5. The van der Waals surface area contributed by atoms with E-state index in [1.165, 1.54) is 0 Å². The van der Waals surface area contributed by atoms with Crippen LogP contribution in [0.4, 0.5) is 5.69 Å². The highest BCUT2D eigenvalue weighted by molar-refractivity contribution is 9.10. The number of rotatable bonds is 10. The van der Waals surface area contributed by atoms with Crippen molar-refractivity contribution < 1.29 is 9.47 Å². The first kappa shape index (κ1) is 24.5. The van der Waals surface area contributed by atoms with Crippen LogP contribution in [-0.4, -0.2) is 73.9 Å². The molecule has 2 heterocycles. The van der Waals surface area contributed by atoms with E-state index in [2.05, 4.69) is 51.0 Å². The van der Waals surface area contributed by atoms with Crippen molar-refractivity contribution in [3.8, 4) is 11.5 Å². The summed E-state index contributed by atoms with van der Waals surface area (Å²) in [7, 11) is 7.23. The Morgan fingerprint density at radius 3 is 2.44 bits per heavy atom. The van der Waals surface area contributed by atoms with Gasteiger partial charge < -0.3 is 19.7 Å². The number of nitrogens with zero attached hydrogens (tertiary/aromatic N) is 4. The molecule has 0 saturated heterocycles. The predicted octanol–water partition coefficient (Wildman–Crippen LogP) is 4.03. The molecule has 0 fully saturated rings. The van der Waals surface area contributed by atoms with Crippen LogP contribution in [0.25, 0.3) is 27.2 Å². The van der Waals surface area contributed by atoms with Gasteiger partial charge in [0, 0.05) is 36.8 Å². The molecule has 4 rings (SSSR count). The monoisotopic (exact) mass is 529 g/mol. The molecule has 0 radical (unpaired) electrons. The highest BCUT2D eigenvalue weighted by atomic mass is 79.9. The third-order valence-corrected chi connectivity index (χ3v) is 6.91. The Kier molecular flexibility index (Phi) is 7.16. The van der Waals surface area contributed by atoms with Gasteiger partial charge in [0.2, 0.25) is 5.43 Å². The van der Waals surface area contributed by atoms with E-state index in [1.54, 1.807) is 14.2 Å². The molecule has 0 saturated carbocycles. The predicted molar refractivity (Wildman–Crippen MR) is 142 cm³/mol. The average Bonchev–Trinajstić information content (AvgIpc) is 3.18. The number of hydrogen-bond donors (Lipinski definition) is 1. The summed E-state index contributed by atoms with van der Waals surface area (Å²) in [5, 5.41) is 10.5. The van der Waals surface area contributed by atoms with Crippen molar-refractivity contribution in [3.63, 3.8) is 0 Å². The molecule has 0 aliphatic heterocycles. The van der Waals surface area contributed by atoms with Gasteiger partial charge in [-0.2, -0.15) is 5.10 Å². The van der Waals surface area contributed by atoms with Crippen LogP contribution in [-0.2, 0) is 6.54 Å². The maximum absolute atomic E-state index is 14.1. The molecule has 2 aromatic carbocycles. The van der Waals surface area contributed by atoms with Gasteiger partial charge in [0.05, 0.1) is 40.7 Å². The maximum Gasteiger partial charge on any atom is 0.203 e. The van der Waals surface area contributed by atoms with Gasteiger partial charge in [0.25, 0.3) is 0 Å². The topological polar surface area (TPSA) is 71.3 Å². The fourth-order valence-electron chi connectivity index (χ4n) is 4.50. The van der Waals surface area contributed by atoms with Crippen LogP contribution >= 0.6 is 15.9 Å². The normalized spacial score (nSPS) is 12.0. The molecule has 0 amide bonds. The van der Waals surface area contributed by atoms with Gasteiger partial charge in [-0.15, -0.1) is 0 Å². The van der Waals surface area contributed by atoms with Gasteiger partial charge in [-0.25, -0.2) is 4.52 Å². The first-order chi connectivity index (χ1) is 16.4. The smallest absolute Gasteiger partial charge is 0.203 e. The van der Waals surface area contributed by atoms with Crippen molar-refractivity contribution in [2.45, 2.75) is 20.4 Å². The molecule has 0 aliphatic rings. The van der Waals surface area contributed by atoms with Gasteiger partial charge in [-0.1, -0.05) is 13.8 Å². The fourth-order valence-corrected chi connectivity index (χ4v) is 5.07. The first-order valence-corrected chi connectivity index (χ1v) is 12.3. The highest BCUT2D eigenvalue weighted by Gasteiger charge is 2.25. The largest absolute Gasteiger partial charge is 0.495 e. The zero-order chi connectivity index (χ0) is 24.6. The lowest BCUT2D eigenvalue weighted by Crippen LogP contribution is -2.22. The summed E-state index contributed by atoms with van der Waals surface area (Å²) >= 11 is 3.55. The van der Waals surface area contributed by atoms with E-state index >= 15 is 0 Å². The van der Waals surface area contributed by atoms with E-state index in [1.807, 2.05) is 30.7 Å². The molecule has 0 unspecified atom stereocenters. The van der Waals surface area contributed by atoms with Gasteiger partial charge in [-0.3, -0.25) is 9.69 Å². The molecule has 8 nitrogen and oxygen atoms in total. The molecule has 0 spiro atoms. The lowest BCUT2D eigenvalue weighted by Gasteiger charge is -2.16. The third kappa shape index (κ3) is 4.06. The van der Waals surface area contributed by atoms with E-state index in [9.17, 15) is 4.79 Å². The molecule has 0 bridgehead atoms. The standard InChI is InChI=1S/C25H32BrN5O3/c1-7-30(8-2)14-18-15-9-10-17(27-11-12-29(3)4)20-22(15)31(28-18)23-19(33-5)13-16(26)25(34-6)21(23)24(20)32/h9-10,13,27H,7-8,11-12,14H2,1-6H3. The van der Waals surface area contributed by atoms with Crippen LogP contribution in [0, 0.1) is 0 Å². The Morgan fingerprint density at radius 2 is 1.82 bits per heavy atom. The van der Waals surface area contributed by atoms with Crippen LogP contribution in [0.15, 0.2) is 27.5 Å². The van der Waals surface area contributed by atoms with Crippen LogP contribution in [0.5, 0.6) is 11.5 Å². The lowest BCUT2D eigenvalue weighted by molar-refractivity contribution is 0.293. The molecule has 2 aromatic heterocycles. The van der Waals surface area contributed by atoms with Gasteiger partial charge >= 0.3 is 0 Å². The Hall–Kier alpha value is -2.62. The number of fused-ring (bicyclic) bond motifs is 2. The zero-order valence-electron chi connectivity index (χ0n) is 20.7. The van der Waals surface area contributed by atoms with E-state index in [4.69, 9.17) is 14.6 Å². The van der Waals surface area contributed by atoms with E-state index in [0.29, 0.717) is 45.4 Å². The second kappa shape index (κ2) is 9.93. The summed E-state index contributed by atoms with van der Waals surface area (Å²) < 4.78 is 13.9.